The first-order chi connectivity index (χ1) is 16.5. The van der Waals surface area contributed by atoms with Crippen LogP contribution in [0.3, 0.4) is 0 Å². The molecule has 172 valence electrons. The fraction of sp³-hybridized carbons (Fsp3) is 0.250. The first-order valence-corrected chi connectivity index (χ1v) is 11.6. The number of urea groups is 1. The molecule has 3 aromatic rings. The van der Waals surface area contributed by atoms with E-state index < -0.39 is 17.5 Å². The standard InChI is InChI=1S/C28H27N3O3/c1-28(23-16-15-21-11-8-12-22(21)17-23)26(33)31(27(34)29-28)19-25(32)30(24-13-6-3-7-14-24)18-20-9-4-2-5-10-20/h2-7,9-10,13-17H,8,11-12,18-19H2,1H3,(H,29,34). The van der Waals surface area contributed by atoms with Gasteiger partial charge in [0.05, 0.1) is 6.54 Å². The van der Waals surface area contributed by atoms with Crippen LogP contribution in [-0.4, -0.2) is 29.3 Å². The maximum absolute atomic E-state index is 13.5. The molecule has 0 bridgehead atoms. The molecule has 0 spiro atoms. The van der Waals surface area contributed by atoms with Gasteiger partial charge in [0.1, 0.15) is 12.1 Å². The van der Waals surface area contributed by atoms with Crippen LogP contribution in [0, 0.1) is 0 Å². The van der Waals surface area contributed by atoms with Crippen molar-refractivity contribution in [3.63, 3.8) is 0 Å². The predicted octanol–water partition coefficient (Wildman–Crippen LogP) is 4.18. The van der Waals surface area contributed by atoms with E-state index in [1.54, 1.807) is 11.8 Å². The summed E-state index contributed by atoms with van der Waals surface area (Å²) >= 11 is 0. The second-order valence-electron chi connectivity index (χ2n) is 9.08. The minimum atomic E-state index is -1.19. The number of fused-ring (bicyclic) bond motifs is 1. The van der Waals surface area contributed by atoms with E-state index in [0.29, 0.717) is 12.2 Å². The second-order valence-corrected chi connectivity index (χ2v) is 9.08. The number of carbonyl (C=O) groups excluding carboxylic acids is 3. The molecule has 1 unspecified atom stereocenters. The molecule has 1 saturated heterocycles. The summed E-state index contributed by atoms with van der Waals surface area (Å²) in [7, 11) is 0. The Bertz CT molecular complexity index is 1240. The Morgan fingerprint density at radius 1 is 0.941 bits per heavy atom. The second kappa shape index (κ2) is 8.78. The van der Waals surface area contributed by atoms with Crippen molar-refractivity contribution < 1.29 is 14.4 Å². The monoisotopic (exact) mass is 453 g/mol. The largest absolute Gasteiger partial charge is 0.325 e. The van der Waals surface area contributed by atoms with Crippen molar-refractivity contribution in [2.75, 3.05) is 11.4 Å². The number of hydrogen-bond acceptors (Lipinski definition) is 3. The number of hydrogen-bond donors (Lipinski definition) is 1. The lowest BCUT2D eigenvalue weighted by Gasteiger charge is -2.26. The van der Waals surface area contributed by atoms with Gasteiger partial charge in [0, 0.05) is 5.69 Å². The lowest BCUT2D eigenvalue weighted by Crippen LogP contribution is -2.44. The Balaban J connectivity index is 1.39. The van der Waals surface area contributed by atoms with Crippen LogP contribution >= 0.6 is 0 Å². The Morgan fingerprint density at radius 3 is 2.35 bits per heavy atom. The van der Waals surface area contributed by atoms with Crippen LogP contribution in [0.1, 0.15) is 35.6 Å². The lowest BCUT2D eigenvalue weighted by atomic mass is 9.89. The summed E-state index contributed by atoms with van der Waals surface area (Å²) in [6.07, 6.45) is 3.13. The number of imide groups is 1. The van der Waals surface area contributed by atoms with Crippen LogP contribution in [-0.2, 0) is 34.5 Å². The van der Waals surface area contributed by atoms with Crippen molar-refractivity contribution in [1.82, 2.24) is 10.2 Å². The summed E-state index contributed by atoms with van der Waals surface area (Å²) in [5.74, 6) is -0.728. The minimum Gasteiger partial charge on any atom is -0.319 e. The van der Waals surface area contributed by atoms with Crippen LogP contribution < -0.4 is 10.2 Å². The average molecular weight is 454 g/mol. The number of rotatable bonds is 6. The third kappa shape index (κ3) is 3.96. The van der Waals surface area contributed by atoms with E-state index in [1.165, 1.54) is 11.1 Å². The molecule has 2 aliphatic rings. The molecule has 1 heterocycles. The number of anilines is 1. The fourth-order valence-corrected chi connectivity index (χ4v) is 4.84. The molecule has 0 aromatic heterocycles. The number of nitrogens with one attached hydrogen (secondary N) is 1. The van der Waals surface area contributed by atoms with Gasteiger partial charge in [-0.15, -0.1) is 0 Å². The Morgan fingerprint density at radius 2 is 1.62 bits per heavy atom. The van der Waals surface area contributed by atoms with Gasteiger partial charge in [-0.2, -0.15) is 0 Å². The topological polar surface area (TPSA) is 69.7 Å². The van der Waals surface area contributed by atoms with E-state index in [4.69, 9.17) is 0 Å². The lowest BCUT2D eigenvalue weighted by molar-refractivity contribution is -0.134. The van der Waals surface area contributed by atoms with E-state index in [2.05, 4.69) is 5.32 Å². The number of aryl methyl sites for hydroxylation is 2. The quantitative estimate of drug-likeness (QED) is 0.570. The van der Waals surface area contributed by atoms with Crippen LogP contribution in [0.15, 0.2) is 78.9 Å². The van der Waals surface area contributed by atoms with Crippen LogP contribution in [0.5, 0.6) is 0 Å². The Hall–Kier alpha value is -3.93. The van der Waals surface area contributed by atoms with Gasteiger partial charge in [0.25, 0.3) is 5.91 Å². The molecule has 3 aromatic carbocycles. The summed E-state index contributed by atoms with van der Waals surface area (Å²) < 4.78 is 0. The zero-order valence-electron chi connectivity index (χ0n) is 19.2. The van der Waals surface area contributed by atoms with Crippen molar-refractivity contribution in [3.8, 4) is 0 Å². The van der Waals surface area contributed by atoms with Gasteiger partial charge < -0.3 is 10.2 Å². The smallest absolute Gasteiger partial charge is 0.319 e. The summed E-state index contributed by atoms with van der Waals surface area (Å²) in [5.41, 5.74) is 3.77. The highest BCUT2D eigenvalue weighted by Gasteiger charge is 2.50. The Kier molecular flexibility index (Phi) is 5.65. The number of amides is 4. The molecule has 1 atom stereocenters. The van der Waals surface area contributed by atoms with E-state index >= 15 is 0 Å². The number of para-hydroxylation sites is 1. The third-order valence-electron chi connectivity index (χ3n) is 6.80. The predicted molar refractivity (Wildman–Crippen MR) is 130 cm³/mol. The van der Waals surface area contributed by atoms with Gasteiger partial charge in [-0.05, 0) is 60.6 Å². The first-order valence-electron chi connectivity index (χ1n) is 11.6. The van der Waals surface area contributed by atoms with Crippen molar-refractivity contribution in [2.24, 2.45) is 0 Å². The van der Waals surface area contributed by atoms with Crippen LogP contribution in [0.4, 0.5) is 10.5 Å². The third-order valence-corrected chi connectivity index (χ3v) is 6.80. The van der Waals surface area contributed by atoms with Crippen molar-refractivity contribution in [2.45, 2.75) is 38.3 Å². The summed E-state index contributed by atoms with van der Waals surface area (Å²) in [5, 5.41) is 2.84. The van der Waals surface area contributed by atoms with E-state index in [-0.39, 0.29) is 12.5 Å². The molecule has 0 radical (unpaired) electrons. The van der Waals surface area contributed by atoms with Gasteiger partial charge in [-0.1, -0.05) is 66.7 Å². The number of nitrogens with zero attached hydrogens (tertiary/aromatic N) is 2. The molecule has 1 fully saturated rings. The molecule has 1 aliphatic carbocycles. The minimum absolute atomic E-state index is 0.322. The van der Waals surface area contributed by atoms with E-state index in [0.717, 1.165) is 35.3 Å². The molecule has 4 amide bonds. The van der Waals surface area contributed by atoms with Gasteiger partial charge in [-0.3, -0.25) is 14.5 Å². The molecule has 0 saturated carbocycles. The van der Waals surface area contributed by atoms with Crippen LogP contribution in [0.25, 0.3) is 0 Å². The van der Waals surface area contributed by atoms with E-state index in [9.17, 15) is 14.4 Å². The molecule has 1 aliphatic heterocycles. The first kappa shape index (κ1) is 21.9. The SMILES string of the molecule is CC1(c2ccc3c(c2)CCC3)NC(=O)N(CC(=O)N(Cc2ccccc2)c2ccccc2)C1=O. The van der Waals surface area contributed by atoms with Gasteiger partial charge in [0.2, 0.25) is 5.91 Å². The molecule has 6 nitrogen and oxygen atoms in total. The molecule has 5 rings (SSSR count). The number of benzene rings is 3. The average Bonchev–Trinajstić information content (AvgIpc) is 3.42. The Labute approximate surface area is 199 Å². The fourth-order valence-electron chi connectivity index (χ4n) is 4.84. The number of carbonyl (C=O) groups is 3. The maximum atomic E-state index is 13.5. The van der Waals surface area contributed by atoms with Gasteiger partial charge in [0.15, 0.2) is 0 Å². The summed E-state index contributed by atoms with van der Waals surface area (Å²) in [6.45, 7) is 1.73. The molecular weight excluding hydrogens is 426 g/mol. The van der Waals surface area contributed by atoms with E-state index in [1.807, 2.05) is 78.9 Å². The molecular formula is C28H27N3O3. The zero-order chi connectivity index (χ0) is 23.7. The van der Waals surface area contributed by atoms with Gasteiger partial charge in [-0.25, -0.2) is 4.79 Å². The highest BCUT2D eigenvalue weighted by Crippen LogP contribution is 2.32. The summed E-state index contributed by atoms with van der Waals surface area (Å²) in [4.78, 5) is 42.4. The normalized spacial score (nSPS) is 19.1. The highest BCUT2D eigenvalue weighted by atomic mass is 16.2. The van der Waals surface area contributed by atoms with Gasteiger partial charge >= 0.3 is 6.03 Å². The molecule has 1 N–H and O–H groups in total. The van der Waals surface area contributed by atoms with Crippen molar-refractivity contribution in [3.05, 3.63) is 101 Å². The molecule has 6 heteroatoms. The maximum Gasteiger partial charge on any atom is 0.325 e. The van der Waals surface area contributed by atoms with Crippen molar-refractivity contribution >= 4 is 23.5 Å². The molecule has 34 heavy (non-hydrogen) atoms. The van der Waals surface area contributed by atoms with Crippen LogP contribution in [0.2, 0.25) is 0 Å². The zero-order valence-corrected chi connectivity index (χ0v) is 19.2. The highest BCUT2D eigenvalue weighted by molar-refractivity contribution is 6.10. The van der Waals surface area contributed by atoms with Crippen molar-refractivity contribution in [1.29, 1.82) is 0 Å². The summed E-state index contributed by atoms with van der Waals surface area (Å²) in [6, 6.07) is 24.4.